The fourth-order valence-corrected chi connectivity index (χ4v) is 3.41. The van der Waals surface area contributed by atoms with Gasteiger partial charge >= 0.3 is 0 Å². The van der Waals surface area contributed by atoms with Crippen molar-refractivity contribution in [3.8, 4) is 23.2 Å². The average molecular weight is 355 g/mol. The number of benzene rings is 1. The monoisotopic (exact) mass is 354 g/mol. The molecule has 0 aliphatic heterocycles. The van der Waals surface area contributed by atoms with Gasteiger partial charge < -0.3 is 4.57 Å². The van der Waals surface area contributed by atoms with E-state index >= 15 is 0 Å². The van der Waals surface area contributed by atoms with Gasteiger partial charge in [-0.15, -0.1) is 0 Å². The highest BCUT2D eigenvalue weighted by Crippen LogP contribution is 2.27. The summed E-state index contributed by atoms with van der Waals surface area (Å²) in [6.07, 6.45) is 4.74. The molecule has 1 saturated carbocycles. The quantitative estimate of drug-likeness (QED) is 0.481. The maximum absolute atomic E-state index is 13.5. The summed E-state index contributed by atoms with van der Waals surface area (Å²) in [6.45, 7) is 0. The lowest BCUT2D eigenvalue weighted by Gasteiger charge is -2.02. The number of fused-ring (bicyclic) bond motifs is 1. The molecule has 1 fully saturated rings. The zero-order valence-corrected chi connectivity index (χ0v) is 14.5. The molecule has 0 unspecified atom stereocenters. The topological polar surface area (TPSA) is 43.6 Å². The van der Waals surface area contributed by atoms with E-state index in [4.69, 9.17) is 11.6 Å². The molecule has 1 aliphatic rings. The molecule has 0 N–H and O–H groups in total. The molecule has 3 aromatic rings. The Morgan fingerprint density at radius 3 is 2.76 bits per heavy atom. The van der Waals surface area contributed by atoms with E-state index < -0.39 is 0 Å². The third kappa shape index (κ3) is 3.10. The van der Waals surface area contributed by atoms with Crippen LogP contribution in [-0.2, 0) is 7.05 Å². The van der Waals surface area contributed by atoms with Gasteiger partial charge in [0.15, 0.2) is 10.8 Å². The van der Waals surface area contributed by atoms with Crippen LogP contribution in [0.1, 0.15) is 31.5 Å². The van der Waals surface area contributed by atoms with Crippen LogP contribution in [0.2, 0.25) is 5.15 Å². The molecule has 25 heavy (non-hydrogen) atoms. The van der Waals surface area contributed by atoms with Crippen LogP contribution in [0.15, 0.2) is 24.3 Å². The number of imidazole rings is 1. The first-order chi connectivity index (χ1) is 12.1. The molecule has 0 saturated heterocycles. The van der Waals surface area contributed by atoms with Crippen molar-refractivity contribution < 1.29 is 4.39 Å². The third-order valence-corrected chi connectivity index (χ3v) is 4.77. The van der Waals surface area contributed by atoms with Gasteiger partial charge in [-0.3, -0.25) is 0 Å². The summed E-state index contributed by atoms with van der Waals surface area (Å²) in [5, 5.41) is 0.263. The largest absolute Gasteiger partial charge is 0.312 e. The summed E-state index contributed by atoms with van der Waals surface area (Å²) in [5.41, 5.74) is 1.75. The molecule has 4 rings (SSSR count). The van der Waals surface area contributed by atoms with Crippen LogP contribution in [0.4, 0.5) is 4.39 Å². The van der Waals surface area contributed by atoms with Crippen LogP contribution in [0.3, 0.4) is 0 Å². The minimum absolute atomic E-state index is 0.263. The zero-order valence-electron chi connectivity index (χ0n) is 13.8. The predicted octanol–water partition coefficient (Wildman–Crippen LogP) is 4.36. The number of halogens is 2. The van der Waals surface area contributed by atoms with Crippen molar-refractivity contribution in [1.29, 1.82) is 0 Å². The smallest absolute Gasteiger partial charge is 0.208 e. The van der Waals surface area contributed by atoms with Crippen molar-refractivity contribution in [1.82, 2.24) is 19.5 Å². The second-order valence-electron chi connectivity index (χ2n) is 6.27. The summed E-state index contributed by atoms with van der Waals surface area (Å²) in [6, 6.07) is 6.28. The maximum atomic E-state index is 13.5. The van der Waals surface area contributed by atoms with E-state index in [0.717, 1.165) is 12.8 Å². The maximum Gasteiger partial charge on any atom is 0.208 e. The van der Waals surface area contributed by atoms with Gasteiger partial charge in [0.05, 0.1) is 0 Å². The first kappa shape index (κ1) is 16.0. The van der Waals surface area contributed by atoms with Crippen LogP contribution in [-0.4, -0.2) is 19.5 Å². The van der Waals surface area contributed by atoms with Gasteiger partial charge in [0.2, 0.25) is 5.82 Å². The molecule has 2 aromatic heterocycles. The molecule has 0 amide bonds. The van der Waals surface area contributed by atoms with E-state index in [2.05, 4.69) is 26.8 Å². The van der Waals surface area contributed by atoms with E-state index in [1.165, 1.54) is 25.0 Å². The Balaban J connectivity index is 1.79. The van der Waals surface area contributed by atoms with Crippen LogP contribution < -0.4 is 0 Å². The van der Waals surface area contributed by atoms with Crippen molar-refractivity contribution in [2.45, 2.75) is 25.7 Å². The molecule has 0 radical (unpaired) electrons. The summed E-state index contributed by atoms with van der Waals surface area (Å²) >= 11 is 6.29. The Morgan fingerprint density at radius 2 is 2.00 bits per heavy atom. The van der Waals surface area contributed by atoms with E-state index in [-0.39, 0.29) is 11.0 Å². The molecule has 0 spiro atoms. The normalized spacial score (nSPS) is 14.7. The molecule has 1 aliphatic carbocycles. The fourth-order valence-electron chi connectivity index (χ4n) is 3.21. The Morgan fingerprint density at radius 1 is 1.20 bits per heavy atom. The summed E-state index contributed by atoms with van der Waals surface area (Å²) in [4.78, 5) is 13.3. The Labute approximate surface area is 150 Å². The van der Waals surface area contributed by atoms with Gasteiger partial charge in [-0.2, -0.15) is 0 Å². The van der Waals surface area contributed by atoms with Gasteiger partial charge in [0.1, 0.15) is 17.2 Å². The lowest BCUT2D eigenvalue weighted by atomic mass is 10.1. The number of aromatic nitrogens is 4. The molecular formula is C19H16ClFN4. The predicted molar refractivity (Wildman–Crippen MR) is 95.5 cm³/mol. The highest BCUT2D eigenvalue weighted by molar-refractivity contribution is 6.33. The Bertz CT molecular complexity index is 1010. The van der Waals surface area contributed by atoms with Gasteiger partial charge in [0.25, 0.3) is 0 Å². The number of rotatable bonds is 1. The van der Waals surface area contributed by atoms with E-state index in [1.807, 2.05) is 7.05 Å². The Hall–Kier alpha value is -2.45. The van der Waals surface area contributed by atoms with Gasteiger partial charge in [-0.05, 0) is 30.9 Å². The van der Waals surface area contributed by atoms with Crippen molar-refractivity contribution in [3.63, 3.8) is 0 Å². The SMILES string of the molecule is Cn1c(-c2cccc(F)c2)nc2c(Cl)nc(C#CC3CCCC3)nc21. The number of nitrogens with zero attached hydrogens (tertiary/aromatic N) is 4. The second kappa shape index (κ2) is 6.45. The van der Waals surface area contributed by atoms with Crippen LogP contribution in [0.5, 0.6) is 0 Å². The standard InChI is InChI=1S/C19H16ClFN4/c1-25-18(13-7-4-8-14(21)11-13)24-16-17(20)22-15(23-19(16)25)10-9-12-5-2-3-6-12/h4,7-8,11-12H,2-3,5-6H2,1H3. The van der Waals surface area contributed by atoms with Crippen molar-refractivity contribution in [3.05, 3.63) is 41.1 Å². The second-order valence-corrected chi connectivity index (χ2v) is 6.62. The van der Waals surface area contributed by atoms with Crippen molar-refractivity contribution >= 4 is 22.8 Å². The van der Waals surface area contributed by atoms with Gasteiger partial charge in [-0.1, -0.05) is 42.5 Å². The van der Waals surface area contributed by atoms with Gasteiger partial charge in [0, 0.05) is 18.5 Å². The molecule has 6 heteroatoms. The van der Waals surface area contributed by atoms with E-state index in [0.29, 0.717) is 34.3 Å². The average Bonchev–Trinajstić information content (AvgIpc) is 3.22. The molecule has 1 aromatic carbocycles. The first-order valence-electron chi connectivity index (χ1n) is 8.29. The lowest BCUT2D eigenvalue weighted by Crippen LogP contribution is -1.97. The highest BCUT2D eigenvalue weighted by Gasteiger charge is 2.16. The number of aryl methyl sites for hydroxylation is 1. The molecule has 126 valence electrons. The molecule has 0 atom stereocenters. The lowest BCUT2D eigenvalue weighted by molar-refractivity contribution is 0.628. The number of hydrogen-bond donors (Lipinski definition) is 0. The summed E-state index contributed by atoms with van der Waals surface area (Å²) in [5.74, 6) is 7.39. The minimum Gasteiger partial charge on any atom is -0.312 e. The third-order valence-electron chi connectivity index (χ3n) is 4.50. The van der Waals surface area contributed by atoms with Crippen LogP contribution in [0.25, 0.3) is 22.6 Å². The van der Waals surface area contributed by atoms with Crippen molar-refractivity contribution in [2.24, 2.45) is 13.0 Å². The first-order valence-corrected chi connectivity index (χ1v) is 8.67. The summed E-state index contributed by atoms with van der Waals surface area (Å²) in [7, 11) is 1.83. The van der Waals surface area contributed by atoms with E-state index in [9.17, 15) is 4.39 Å². The number of hydrogen-bond acceptors (Lipinski definition) is 3. The molecular weight excluding hydrogens is 339 g/mol. The van der Waals surface area contributed by atoms with Crippen LogP contribution in [0, 0.1) is 23.6 Å². The van der Waals surface area contributed by atoms with E-state index in [1.54, 1.807) is 16.7 Å². The fraction of sp³-hybridized carbons (Fsp3) is 0.316. The highest BCUT2D eigenvalue weighted by atomic mass is 35.5. The Kier molecular flexibility index (Phi) is 4.14. The molecule has 2 heterocycles. The molecule has 0 bridgehead atoms. The zero-order chi connectivity index (χ0) is 17.4. The van der Waals surface area contributed by atoms with Gasteiger partial charge in [-0.25, -0.2) is 19.3 Å². The van der Waals surface area contributed by atoms with Crippen LogP contribution >= 0.6 is 11.6 Å². The summed E-state index contributed by atoms with van der Waals surface area (Å²) < 4.78 is 15.3. The minimum atomic E-state index is -0.315. The van der Waals surface area contributed by atoms with Crippen molar-refractivity contribution in [2.75, 3.05) is 0 Å². The molecule has 4 nitrogen and oxygen atoms in total.